The first-order valence-electron chi connectivity index (χ1n) is 26.9. The van der Waals surface area contributed by atoms with Crippen LogP contribution in [-0.4, -0.2) is 232 Å². The summed E-state index contributed by atoms with van der Waals surface area (Å²) in [5.74, 6) is -8.78. The van der Waals surface area contributed by atoms with E-state index in [0.29, 0.717) is 44.6 Å². The van der Waals surface area contributed by atoms with Gasteiger partial charge in [-0.15, -0.1) is 0 Å². The number of aliphatic carboxylic acids is 6. The number of urea groups is 1. The number of unbranched alkanes of at least 4 members (excludes halogenated alkanes) is 3. The van der Waals surface area contributed by atoms with Crippen molar-refractivity contribution in [3.8, 4) is 0 Å². The molecule has 1 fully saturated rings. The molecule has 0 bridgehead atoms. The van der Waals surface area contributed by atoms with Crippen LogP contribution in [-0.2, 0) is 54.4 Å². The summed E-state index contributed by atoms with van der Waals surface area (Å²) in [6, 6.07) is 2.93. The smallest absolute Gasteiger partial charge is 0.326 e. The van der Waals surface area contributed by atoms with Crippen molar-refractivity contribution in [2.24, 2.45) is 5.92 Å². The van der Waals surface area contributed by atoms with Crippen LogP contribution in [0.25, 0.3) is 0 Å². The Morgan fingerprint density at radius 3 is 1.30 bits per heavy atom. The second-order valence-corrected chi connectivity index (χ2v) is 20.2. The summed E-state index contributed by atoms with van der Waals surface area (Å²) in [6.45, 7) is 7.05. The van der Waals surface area contributed by atoms with Crippen LogP contribution in [0.1, 0.15) is 108 Å². The zero-order chi connectivity index (χ0) is 58.9. The quantitative estimate of drug-likeness (QED) is 0.0390. The molecule has 1 aliphatic rings. The minimum absolute atomic E-state index is 0.0481. The monoisotopic (exact) mass is 1120 g/mol. The number of carbonyl (C=O) groups excluding carboxylic acids is 5. The van der Waals surface area contributed by atoms with E-state index in [2.05, 4.69) is 45.7 Å². The van der Waals surface area contributed by atoms with Crippen molar-refractivity contribution in [1.82, 2.24) is 51.5 Å². The molecule has 2 rings (SSSR count). The van der Waals surface area contributed by atoms with E-state index in [1.54, 1.807) is 19.6 Å². The maximum absolute atomic E-state index is 13.8. The molecule has 1 aromatic carbocycles. The Hall–Kier alpha value is -6.97. The summed E-state index contributed by atoms with van der Waals surface area (Å²) in [7, 11) is 0. The molecular weight excluding hydrogens is 1040 g/mol. The fourth-order valence-corrected chi connectivity index (χ4v) is 8.58. The van der Waals surface area contributed by atoms with Crippen molar-refractivity contribution >= 4 is 65.5 Å². The van der Waals surface area contributed by atoms with Crippen LogP contribution >= 0.6 is 0 Å². The van der Waals surface area contributed by atoms with Crippen LogP contribution in [0.2, 0.25) is 0 Å². The third kappa shape index (κ3) is 31.3. The van der Waals surface area contributed by atoms with E-state index in [0.717, 1.165) is 12.0 Å². The Morgan fingerprint density at radius 1 is 0.443 bits per heavy atom. The summed E-state index contributed by atoms with van der Waals surface area (Å²) >= 11 is 0. The predicted octanol–water partition coefficient (Wildman–Crippen LogP) is -0.121. The molecule has 0 aliphatic carbocycles. The molecule has 1 heterocycles. The average molecular weight is 1120 g/mol. The van der Waals surface area contributed by atoms with E-state index in [9.17, 15) is 78.3 Å². The molecule has 6 amide bonds. The maximum atomic E-state index is 13.8. The van der Waals surface area contributed by atoms with Gasteiger partial charge in [0.05, 0.1) is 32.1 Å². The number of nitrogens with one attached hydrogen (secondary N) is 6. The fraction of sp³-hybridized carbons (Fsp3) is 0.673. The van der Waals surface area contributed by atoms with Gasteiger partial charge in [0, 0.05) is 84.8 Å². The van der Waals surface area contributed by atoms with Gasteiger partial charge in [-0.05, 0) is 88.2 Å². The highest BCUT2D eigenvalue weighted by Crippen LogP contribution is 2.18. The van der Waals surface area contributed by atoms with Crippen molar-refractivity contribution in [3.63, 3.8) is 0 Å². The van der Waals surface area contributed by atoms with Gasteiger partial charge in [0.1, 0.15) is 18.1 Å². The number of amides is 6. The van der Waals surface area contributed by atoms with Gasteiger partial charge in [-0.25, -0.2) is 14.4 Å². The minimum atomic E-state index is -1.55. The molecule has 0 saturated carbocycles. The summed E-state index contributed by atoms with van der Waals surface area (Å²) in [6.07, 6.45) is 2.51. The first-order valence-corrected chi connectivity index (χ1v) is 26.9. The molecule has 27 heteroatoms. The molecule has 0 radical (unpaired) electrons. The Kier molecular flexibility index (Phi) is 32.6. The van der Waals surface area contributed by atoms with Crippen molar-refractivity contribution in [2.75, 3.05) is 98.2 Å². The van der Waals surface area contributed by atoms with E-state index in [4.69, 9.17) is 5.11 Å². The Labute approximate surface area is 460 Å². The average Bonchev–Trinajstić information content (AvgIpc) is 3.36. The van der Waals surface area contributed by atoms with Crippen LogP contribution in [0.3, 0.4) is 0 Å². The number of nitrogens with zero attached hydrogens (tertiary/aromatic N) is 4. The molecule has 1 aliphatic heterocycles. The van der Waals surface area contributed by atoms with Gasteiger partial charge in [-0.3, -0.25) is 58.0 Å². The molecule has 0 aromatic heterocycles. The molecule has 0 unspecified atom stereocenters. The summed E-state index contributed by atoms with van der Waals surface area (Å²) in [5, 5.41) is 71.9. The summed E-state index contributed by atoms with van der Waals surface area (Å²) in [5.41, 5.74) is 2.06. The molecule has 79 heavy (non-hydrogen) atoms. The molecular formula is C52H84N10O17. The molecule has 4 atom stereocenters. The molecule has 444 valence electrons. The van der Waals surface area contributed by atoms with Gasteiger partial charge in [0.25, 0.3) is 0 Å². The lowest BCUT2D eigenvalue weighted by Crippen LogP contribution is -2.52. The third-order valence-electron chi connectivity index (χ3n) is 13.0. The lowest BCUT2D eigenvalue weighted by atomic mass is 9.96. The highest BCUT2D eigenvalue weighted by atomic mass is 16.4. The molecule has 27 nitrogen and oxygen atoms in total. The topological polar surface area (TPSA) is 394 Å². The fourth-order valence-electron chi connectivity index (χ4n) is 8.58. The number of carboxylic acid groups (broad SMARTS) is 6. The number of hydrogen-bond acceptors (Lipinski definition) is 15. The van der Waals surface area contributed by atoms with Crippen molar-refractivity contribution < 1.29 is 83.4 Å². The predicted molar refractivity (Wildman–Crippen MR) is 286 cm³/mol. The van der Waals surface area contributed by atoms with Gasteiger partial charge in [0.15, 0.2) is 0 Å². The van der Waals surface area contributed by atoms with Crippen LogP contribution in [0, 0.1) is 5.92 Å². The van der Waals surface area contributed by atoms with E-state index in [1.165, 1.54) is 5.56 Å². The number of carbonyl (C=O) groups is 11. The van der Waals surface area contributed by atoms with Crippen LogP contribution in [0.4, 0.5) is 4.79 Å². The van der Waals surface area contributed by atoms with Crippen molar-refractivity contribution in [3.05, 3.63) is 35.4 Å². The van der Waals surface area contributed by atoms with E-state index < -0.39 is 90.5 Å². The number of carboxylic acids is 6. The van der Waals surface area contributed by atoms with Gasteiger partial charge >= 0.3 is 41.8 Å². The van der Waals surface area contributed by atoms with Crippen molar-refractivity contribution in [1.29, 1.82) is 0 Å². The number of hydrogen-bond donors (Lipinski definition) is 12. The first-order chi connectivity index (χ1) is 37.4. The second kappa shape index (κ2) is 37.8. The van der Waals surface area contributed by atoms with Crippen molar-refractivity contribution in [2.45, 2.75) is 122 Å². The highest BCUT2D eigenvalue weighted by Gasteiger charge is 2.27. The van der Waals surface area contributed by atoms with Gasteiger partial charge < -0.3 is 62.5 Å². The lowest BCUT2D eigenvalue weighted by Gasteiger charge is -2.33. The lowest BCUT2D eigenvalue weighted by molar-refractivity contribution is -0.141. The van der Waals surface area contributed by atoms with Gasteiger partial charge in [0.2, 0.25) is 23.6 Å². The minimum Gasteiger partial charge on any atom is -0.481 e. The SMILES string of the molecule is CC(C)Cc1ccc([C@H](C)C(=O)NCCCC[C@H](NC(=O)CN2CCN(CC(=O)O)CCN(CC(=O)O)CCN(CC(=O)O)CC2)C(=O)NCCCCC(=O)NCCCC[C@H](NC(=O)N[C@@H](CCC(=O)O)C(=O)O)C(=O)O)cc1. The van der Waals surface area contributed by atoms with E-state index in [1.807, 2.05) is 31.2 Å². The standard InChI is InChI=1S/C52H84N10O17/c1-35(2)30-37-13-15-38(16-14-37)36(3)48(73)54-20-8-4-10-39(56-43(64)31-59-22-24-60(32-45(67)68)26-28-62(34-47(71)72)29-27-61(25-23-59)33-46(69)70)49(74)55-21-9-6-12-42(63)53-19-7-5-11-40(50(75)76)57-52(79)58-41(51(77)78)17-18-44(65)66/h13-16,35-36,39-41H,4-12,17-34H2,1-3H3,(H,53,63)(H,54,73)(H,55,74)(H,56,64)(H,65,66)(H,67,68)(H,69,70)(H,71,72)(H,75,76)(H,77,78)(H2,57,58,79)/t36-,39-,40-,41-/m0/s1. The second-order valence-electron chi connectivity index (χ2n) is 20.2. The number of benzene rings is 1. The van der Waals surface area contributed by atoms with Crippen LogP contribution in [0.15, 0.2) is 24.3 Å². The van der Waals surface area contributed by atoms with Crippen LogP contribution in [0.5, 0.6) is 0 Å². The summed E-state index contributed by atoms with van der Waals surface area (Å²) < 4.78 is 0. The maximum Gasteiger partial charge on any atom is 0.326 e. The van der Waals surface area contributed by atoms with E-state index in [-0.39, 0.29) is 129 Å². The molecule has 1 aromatic rings. The Morgan fingerprint density at radius 2 is 0.861 bits per heavy atom. The zero-order valence-corrected chi connectivity index (χ0v) is 45.8. The highest BCUT2D eigenvalue weighted by molar-refractivity contribution is 5.88. The third-order valence-corrected chi connectivity index (χ3v) is 13.0. The Balaban J connectivity index is 2.03. The normalized spacial score (nSPS) is 15.6. The molecule has 12 N–H and O–H groups in total. The number of rotatable bonds is 36. The first kappa shape index (κ1) is 68.1. The van der Waals surface area contributed by atoms with Gasteiger partial charge in [-0.2, -0.15) is 0 Å². The summed E-state index contributed by atoms with van der Waals surface area (Å²) in [4.78, 5) is 141. The van der Waals surface area contributed by atoms with Gasteiger partial charge in [-0.1, -0.05) is 38.1 Å². The zero-order valence-electron chi connectivity index (χ0n) is 45.8. The Bertz CT molecular complexity index is 2120. The molecule has 1 saturated heterocycles. The van der Waals surface area contributed by atoms with E-state index >= 15 is 0 Å². The largest absolute Gasteiger partial charge is 0.481 e. The van der Waals surface area contributed by atoms with Crippen LogP contribution < -0.4 is 31.9 Å². The molecule has 0 spiro atoms.